The van der Waals surface area contributed by atoms with Crippen LogP contribution in [-0.2, 0) is 0 Å². The molecule has 0 aliphatic heterocycles. The Morgan fingerprint density at radius 1 is 1.08 bits per heavy atom. The molecule has 0 spiro atoms. The van der Waals surface area contributed by atoms with Gasteiger partial charge in [0.2, 0.25) is 0 Å². The van der Waals surface area contributed by atoms with E-state index < -0.39 is 0 Å². The number of pyridine rings is 1. The zero-order valence-electron chi connectivity index (χ0n) is 12.1. The number of hydrogen-bond acceptors (Lipinski definition) is 4. The normalized spacial score (nSPS) is 11.1. The summed E-state index contributed by atoms with van der Waals surface area (Å²) in [5, 5.41) is 3.36. The van der Waals surface area contributed by atoms with Gasteiger partial charge in [-0.25, -0.2) is 4.98 Å². The molecule has 24 heavy (non-hydrogen) atoms. The van der Waals surface area contributed by atoms with Crippen LogP contribution in [0.4, 0.5) is 0 Å². The van der Waals surface area contributed by atoms with E-state index >= 15 is 0 Å². The summed E-state index contributed by atoms with van der Waals surface area (Å²) in [6.45, 7) is 0. The van der Waals surface area contributed by atoms with E-state index in [2.05, 4.69) is 15.0 Å². The molecular weight excluding hydrogens is 365 g/mol. The van der Waals surface area contributed by atoms with Crippen molar-refractivity contribution < 1.29 is 0 Å². The number of thiophene rings is 1. The predicted octanol–water partition coefficient (Wildman–Crippen LogP) is 5.02. The molecule has 0 saturated heterocycles. The third-order valence-electron chi connectivity index (χ3n) is 3.58. The van der Waals surface area contributed by atoms with Crippen LogP contribution in [-0.4, -0.2) is 15.0 Å². The molecule has 0 aliphatic carbocycles. The second-order valence-electron chi connectivity index (χ2n) is 5.09. The Morgan fingerprint density at radius 2 is 1.96 bits per heavy atom. The lowest BCUT2D eigenvalue weighted by Crippen LogP contribution is -2.09. The second-order valence-corrected chi connectivity index (χ2v) is 6.76. The van der Waals surface area contributed by atoms with Crippen LogP contribution in [0.3, 0.4) is 0 Å². The number of hydrogen-bond donors (Lipinski definition) is 1. The minimum absolute atomic E-state index is 0.206. The van der Waals surface area contributed by atoms with Crippen molar-refractivity contribution in [1.29, 1.82) is 0 Å². The third-order valence-corrected chi connectivity index (χ3v) is 5.19. The maximum absolute atomic E-state index is 12.6. The van der Waals surface area contributed by atoms with Crippen LogP contribution >= 0.6 is 34.5 Å². The summed E-state index contributed by atoms with van der Waals surface area (Å²) in [5.74, 6) is 0.454. The summed E-state index contributed by atoms with van der Waals surface area (Å²) in [4.78, 5) is 24.8. The largest absolute Gasteiger partial charge is 0.305 e. The van der Waals surface area contributed by atoms with Gasteiger partial charge in [0.1, 0.15) is 10.5 Å². The van der Waals surface area contributed by atoms with Crippen molar-refractivity contribution in [3.8, 4) is 22.6 Å². The van der Waals surface area contributed by atoms with Crippen LogP contribution in [0.2, 0.25) is 10.0 Å². The van der Waals surface area contributed by atoms with E-state index in [-0.39, 0.29) is 5.56 Å². The first-order valence-corrected chi connectivity index (χ1v) is 8.65. The summed E-state index contributed by atoms with van der Waals surface area (Å²) < 4.78 is 0. The van der Waals surface area contributed by atoms with E-state index in [9.17, 15) is 4.79 Å². The molecular formula is C17H9Cl2N3OS. The Balaban J connectivity index is 1.91. The molecule has 0 saturated carbocycles. The van der Waals surface area contributed by atoms with E-state index in [1.165, 1.54) is 11.3 Å². The Morgan fingerprint density at radius 3 is 2.71 bits per heavy atom. The number of aromatic amines is 1. The maximum Gasteiger partial charge on any atom is 0.260 e. The van der Waals surface area contributed by atoms with Gasteiger partial charge in [0.25, 0.3) is 5.56 Å². The van der Waals surface area contributed by atoms with E-state index in [1.807, 2.05) is 23.6 Å². The lowest BCUT2D eigenvalue weighted by molar-refractivity contribution is 1.15. The van der Waals surface area contributed by atoms with Crippen LogP contribution < -0.4 is 5.56 Å². The van der Waals surface area contributed by atoms with Crippen LogP contribution in [0.5, 0.6) is 0 Å². The van der Waals surface area contributed by atoms with E-state index in [1.54, 1.807) is 24.4 Å². The molecule has 0 aliphatic rings. The molecule has 4 rings (SSSR count). The van der Waals surface area contributed by atoms with Gasteiger partial charge in [-0.1, -0.05) is 35.3 Å². The topological polar surface area (TPSA) is 58.6 Å². The summed E-state index contributed by atoms with van der Waals surface area (Å²) in [7, 11) is 0. The van der Waals surface area contributed by atoms with Gasteiger partial charge in [-0.2, -0.15) is 0 Å². The molecule has 1 N–H and O–H groups in total. The summed E-state index contributed by atoms with van der Waals surface area (Å²) in [5.41, 5.74) is 2.03. The van der Waals surface area contributed by atoms with Crippen molar-refractivity contribution in [3.63, 3.8) is 0 Å². The average molecular weight is 374 g/mol. The van der Waals surface area contributed by atoms with Crippen molar-refractivity contribution in [2.24, 2.45) is 0 Å². The van der Waals surface area contributed by atoms with Crippen LogP contribution in [0, 0.1) is 0 Å². The van der Waals surface area contributed by atoms with Gasteiger partial charge in [-0.3, -0.25) is 9.78 Å². The molecule has 0 bridgehead atoms. The molecule has 1 aromatic carbocycles. The van der Waals surface area contributed by atoms with E-state index in [0.717, 1.165) is 11.1 Å². The Bertz CT molecular complexity index is 1110. The second kappa shape index (κ2) is 6.02. The van der Waals surface area contributed by atoms with Gasteiger partial charge in [0, 0.05) is 17.1 Å². The van der Waals surface area contributed by atoms with Gasteiger partial charge in [-0.05, 0) is 29.8 Å². The van der Waals surface area contributed by atoms with Gasteiger partial charge in [0.05, 0.1) is 15.4 Å². The van der Waals surface area contributed by atoms with Crippen LogP contribution in [0.1, 0.15) is 0 Å². The number of aromatic nitrogens is 3. The quantitative estimate of drug-likeness (QED) is 0.536. The molecule has 4 aromatic rings. The highest BCUT2D eigenvalue weighted by molar-refractivity contribution is 7.17. The van der Waals surface area contributed by atoms with Crippen molar-refractivity contribution in [3.05, 3.63) is 68.4 Å². The fourth-order valence-corrected chi connectivity index (χ4v) is 3.70. The number of benzene rings is 1. The molecule has 0 radical (unpaired) electrons. The molecule has 0 amide bonds. The molecule has 3 aromatic heterocycles. The van der Waals surface area contributed by atoms with Gasteiger partial charge < -0.3 is 4.98 Å². The van der Waals surface area contributed by atoms with Crippen molar-refractivity contribution in [1.82, 2.24) is 15.0 Å². The molecule has 3 heterocycles. The fourth-order valence-electron chi connectivity index (χ4n) is 2.45. The maximum atomic E-state index is 12.6. The molecule has 0 unspecified atom stereocenters. The predicted molar refractivity (Wildman–Crippen MR) is 98.9 cm³/mol. The summed E-state index contributed by atoms with van der Waals surface area (Å²) >= 11 is 13.5. The Hall–Kier alpha value is -2.21. The number of H-pyrrole nitrogens is 1. The minimum Gasteiger partial charge on any atom is -0.305 e. The van der Waals surface area contributed by atoms with Crippen LogP contribution in [0.25, 0.3) is 32.9 Å². The number of rotatable bonds is 2. The summed E-state index contributed by atoms with van der Waals surface area (Å²) in [6.07, 6.45) is 1.66. The highest BCUT2D eigenvalue weighted by Gasteiger charge is 2.14. The first kappa shape index (κ1) is 15.3. The zero-order valence-corrected chi connectivity index (χ0v) is 14.4. The van der Waals surface area contributed by atoms with Gasteiger partial charge in [-0.15, -0.1) is 11.3 Å². The standard InChI is InChI=1S/C17H9Cl2N3OS/c18-11-5-4-9(7-12(11)19)10-8-24-17-14(10)16(23)21-15(22-17)13-3-1-2-6-20-13/h1-8H,(H,21,22,23). The van der Waals surface area contributed by atoms with E-state index in [0.29, 0.717) is 31.8 Å². The number of nitrogens with one attached hydrogen (secondary N) is 1. The smallest absolute Gasteiger partial charge is 0.260 e. The first-order chi connectivity index (χ1) is 11.6. The molecule has 4 nitrogen and oxygen atoms in total. The Labute approximate surface area is 150 Å². The van der Waals surface area contributed by atoms with Crippen molar-refractivity contribution >= 4 is 44.8 Å². The zero-order chi connectivity index (χ0) is 16.7. The third kappa shape index (κ3) is 2.60. The lowest BCUT2D eigenvalue weighted by Gasteiger charge is -2.03. The molecule has 7 heteroatoms. The molecule has 0 fully saturated rings. The molecule has 0 atom stereocenters. The van der Waals surface area contributed by atoms with E-state index in [4.69, 9.17) is 23.2 Å². The highest BCUT2D eigenvalue weighted by atomic mass is 35.5. The Kier molecular flexibility index (Phi) is 3.84. The SMILES string of the molecule is O=c1[nH]c(-c2ccccn2)nc2scc(-c3ccc(Cl)c(Cl)c3)c12. The lowest BCUT2D eigenvalue weighted by atomic mass is 10.1. The number of halogens is 2. The number of nitrogens with zero attached hydrogens (tertiary/aromatic N) is 2. The first-order valence-electron chi connectivity index (χ1n) is 7.02. The van der Waals surface area contributed by atoms with Crippen molar-refractivity contribution in [2.45, 2.75) is 0 Å². The highest BCUT2D eigenvalue weighted by Crippen LogP contribution is 2.34. The van der Waals surface area contributed by atoms with Crippen LogP contribution in [0.15, 0.2) is 52.8 Å². The number of fused-ring (bicyclic) bond motifs is 1. The van der Waals surface area contributed by atoms with Gasteiger partial charge >= 0.3 is 0 Å². The molecule has 118 valence electrons. The summed E-state index contributed by atoms with van der Waals surface area (Å²) in [6, 6.07) is 10.8. The fraction of sp³-hybridized carbons (Fsp3) is 0. The average Bonchev–Trinajstić information content (AvgIpc) is 3.03. The minimum atomic E-state index is -0.206. The van der Waals surface area contributed by atoms with Gasteiger partial charge in [0.15, 0.2) is 5.82 Å². The monoisotopic (exact) mass is 373 g/mol. The van der Waals surface area contributed by atoms with Crippen molar-refractivity contribution in [2.75, 3.05) is 0 Å².